The Bertz CT molecular complexity index is 635. The molecule has 2 aromatic carbocycles. The molecule has 0 N–H and O–H groups in total. The lowest BCUT2D eigenvalue weighted by Gasteiger charge is -2.06. The van der Waals surface area contributed by atoms with E-state index in [0.717, 1.165) is 5.56 Å². The van der Waals surface area contributed by atoms with E-state index < -0.39 is 6.04 Å². The predicted octanol–water partition coefficient (Wildman–Crippen LogP) is 3.14. The maximum absolute atomic E-state index is 11.3. The molecule has 0 amide bonds. The summed E-state index contributed by atoms with van der Waals surface area (Å²) in [6, 6.07) is 15.7. The summed E-state index contributed by atoms with van der Waals surface area (Å²) in [5, 5.41) is 11.3. The van der Waals surface area contributed by atoms with Crippen molar-refractivity contribution >= 4 is 11.4 Å². The molecule has 0 aromatic heterocycles. The Kier molecular flexibility index (Phi) is 2.41. The van der Waals surface area contributed by atoms with Crippen LogP contribution in [-0.2, 0) is 0 Å². The van der Waals surface area contributed by atoms with E-state index in [-0.39, 0.29) is 4.92 Å². The van der Waals surface area contributed by atoms with Crippen LogP contribution in [-0.4, -0.2) is 10.6 Å². The molecular formula is C14H10N2O2. The third-order valence-corrected chi connectivity index (χ3v) is 3.01. The SMILES string of the molecule is O=[N+]([O-])C1C(c2ccccc2)=Nc2ccccc21. The minimum Gasteiger partial charge on any atom is -0.263 e. The molecule has 4 nitrogen and oxygen atoms in total. The second-order valence-corrected chi connectivity index (χ2v) is 4.11. The molecular weight excluding hydrogens is 228 g/mol. The van der Waals surface area contributed by atoms with Crippen LogP contribution in [0.2, 0.25) is 0 Å². The molecule has 4 heteroatoms. The molecule has 0 saturated heterocycles. The van der Waals surface area contributed by atoms with Gasteiger partial charge in [-0.15, -0.1) is 0 Å². The van der Waals surface area contributed by atoms with Crippen molar-refractivity contribution in [1.29, 1.82) is 0 Å². The van der Waals surface area contributed by atoms with Crippen LogP contribution in [0.3, 0.4) is 0 Å². The Labute approximate surface area is 104 Å². The topological polar surface area (TPSA) is 55.5 Å². The highest BCUT2D eigenvalue weighted by Gasteiger charge is 2.37. The Morgan fingerprint density at radius 2 is 1.67 bits per heavy atom. The van der Waals surface area contributed by atoms with Crippen molar-refractivity contribution in [3.63, 3.8) is 0 Å². The smallest absolute Gasteiger partial charge is 0.263 e. The zero-order valence-corrected chi connectivity index (χ0v) is 9.48. The van der Waals surface area contributed by atoms with Crippen molar-refractivity contribution in [3.05, 3.63) is 75.8 Å². The summed E-state index contributed by atoms with van der Waals surface area (Å²) in [5.74, 6) is 0. The molecule has 1 heterocycles. The minimum atomic E-state index is -0.858. The van der Waals surface area contributed by atoms with Crippen LogP contribution in [0.25, 0.3) is 0 Å². The van der Waals surface area contributed by atoms with Crippen LogP contribution in [0.4, 0.5) is 5.69 Å². The van der Waals surface area contributed by atoms with Gasteiger partial charge in [0, 0.05) is 10.5 Å². The Morgan fingerprint density at radius 3 is 2.39 bits per heavy atom. The van der Waals surface area contributed by atoms with E-state index in [1.54, 1.807) is 12.1 Å². The molecule has 3 rings (SSSR count). The third kappa shape index (κ3) is 1.59. The average molecular weight is 238 g/mol. The number of para-hydroxylation sites is 1. The number of rotatable bonds is 2. The third-order valence-electron chi connectivity index (χ3n) is 3.01. The fourth-order valence-electron chi connectivity index (χ4n) is 2.20. The Hall–Kier alpha value is -2.49. The van der Waals surface area contributed by atoms with E-state index in [1.807, 2.05) is 42.5 Å². The molecule has 0 saturated carbocycles. The molecule has 2 aromatic rings. The van der Waals surface area contributed by atoms with Crippen LogP contribution in [0.5, 0.6) is 0 Å². The molecule has 1 atom stereocenters. The molecule has 1 unspecified atom stereocenters. The molecule has 1 aliphatic rings. The molecule has 0 aliphatic carbocycles. The van der Waals surface area contributed by atoms with E-state index in [9.17, 15) is 10.1 Å². The summed E-state index contributed by atoms with van der Waals surface area (Å²) in [7, 11) is 0. The number of hydrogen-bond donors (Lipinski definition) is 0. The summed E-state index contributed by atoms with van der Waals surface area (Å²) in [6.07, 6.45) is 0. The lowest BCUT2D eigenvalue weighted by molar-refractivity contribution is -0.507. The first-order chi connectivity index (χ1) is 8.77. The van der Waals surface area contributed by atoms with Gasteiger partial charge in [0.2, 0.25) is 0 Å². The molecule has 0 bridgehead atoms. The van der Waals surface area contributed by atoms with Gasteiger partial charge in [0.25, 0.3) is 6.04 Å². The normalized spacial score (nSPS) is 17.1. The van der Waals surface area contributed by atoms with Crippen molar-refractivity contribution in [1.82, 2.24) is 0 Å². The summed E-state index contributed by atoms with van der Waals surface area (Å²) in [5.41, 5.74) is 2.68. The first kappa shape index (κ1) is 10.7. The van der Waals surface area contributed by atoms with Gasteiger partial charge in [0.1, 0.15) is 5.71 Å². The van der Waals surface area contributed by atoms with Crippen LogP contribution >= 0.6 is 0 Å². The van der Waals surface area contributed by atoms with E-state index >= 15 is 0 Å². The predicted molar refractivity (Wildman–Crippen MR) is 68.8 cm³/mol. The van der Waals surface area contributed by atoms with Gasteiger partial charge in [-0.1, -0.05) is 42.5 Å². The Balaban J connectivity index is 2.15. The minimum absolute atomic E-state index is 0.280. The highest BCUT2D eigenvalue weighted by atomic mass is 16.6. The van der Waals surface area contributed by atoms with Gasteiger partial charge in [0.15, 0.2) is 0 Å². The second-order valence-electron chi connectivity index (χ2n) is 4.11. The van der Waals surface area contributed by atoms with Crippen molar-refractivity contribution < 1.29 is 4.92 Å². The first-order valence-corrected chi connectivity index (χ1v) is 5.64. The maximum atomic E-state index is 11.3. The van der Waals surface area contributed by atoms with E-state index in [2.05, 4.69) is 4.99 Å². The number of aliphatic imine (C=N–C) groups is 1. The van der Waals surface area contributed by atoms with E-state index in [1.165, 1.54) is 0 Å². The number of hydrogen-bond acceptors (Lipinski definition) is 3. The zero-order valence-electron chi connectivity index (χ0n) is 9.48. The summed E-state index contributed by atoms with van der Waals surface area (Å²) >= 11 is 0. The lowest BCUT2D eigenvalue weighted by Crippen LogP contribution is -2.18. The number of benzene rings is 2. The van der Waals surface area contributed by atoms with Gasteiger partial charge in [-0.25, -0.2) is 4.99 Å². The second kappa shape index (κ2) is 4.07. The van der Waals surface area contributed by atoms with Gasteiger partial charge < -0.3 is 0 Å². The van der Waals surface area contributed by atoms with Crippen molar-refractivity contribution in [2.45, 2.75) is 6.04 Å². The standard InChI is InChI=1S/C14H10N2O2/c17-16(18)14-11-8-4-5-9-12(11)15-13(14)10-6-2-1-3-7-10/h1-9,14H. The van der Waals surface area contributed by atoms with Gasteiger partial charge in [-0.05, 0) is 12.1 Å². The van der Waals surface area contributed by atoms with Crippen LogP contribution in [0.1, 0.15) is 17.2 Å². The van der Waals surface area contributed by atoms with Crippen molar-refractivity contribution in [3.8, 4) is 0 Å². The van der Waals surface area contributed by atoms with Crippen molar-refractivity contribution in [2.75, 3.05) is 0 Å². The highest BCUT2D eigenvalue weighted by molar-refractivity contribution is 6.08. The average Bonchev–Trinajstić information content (AvgIpc) is 2.79. The van der Waals surface area contributed by atoms with Crippen molar-refractivity contribution in [2.24, 2.45) is 4.99 Å². The number of fused-ring (bicyclic) bond motifs is 1. The van der Waals surface area contributed by atoms with E-state index in [0.29, 0.717) is 17.0 Å². The monoisotopic (exact) mass is 238 g/mol. The zero-order chi connectivity index (χ0) is 12.5. The Morgan fingerprint density at radius 1 is 1.00 bits per heavy atom. The quantitative estimate of drug-likeness (QED) is 0.596. The summed E-state index contributed by atoms with van der Waals surface area (Å²) in [4.78, 5) is 15.4. The summed E-state index contributed by atoms with van der Waals surface area (Å²) in [6.45, 7) is 0. The first-order valence-electron chi connectivity index (χ1n) is 5.64. The molecule has 1 aliphatic heterocycles. The fourth-order valence-corrected chi connectivity index (χ4v) is 2.20. The molecule has 18 heavy (non-hydrogen) atoms. The van der Waals surface area contributed by atoms with Gasteiger partial charge >= 0.3 is 0 Å². The number of nitrogens with zero attached hydrogens (tertiary/aromatic N) is 2. The van der Waals surface area contributed by atoms with Gasteiger partial charge in [-0.2, -0.15) is 0 Å². The fraction of sp³-hybridized carbons (Fsp3) is 0.0714. The maximum Gasteiger partial charge on any atom is 0.282 e. The summed E-state index contributed by atoms with van der Waals surface area (Å²) < 4.78 is 0. The molecule has 88 valence electrons. The molecule has 0 radical (unpaired) electrons. The van der Waals surface area contributed by atoms with Gasteiger partial charge in [0.05, 0.1) is 11.3 Å². The van der Waals surface area contributed by atoms with Crippen LogP contribution in [0, 0.1) is 10.1 Å². The lowest BCUT2D eigenvalue weighted by atomic mass is 9.99. The molecule has 0 fully saturated rings. The highest BCUT2D eigenvalue weighted by Crippen LogP contribution is 2.37. The molecule has 0 spiro atoms. The number of nitro groups is 1. The van der Waals surface area contributed by atoms with Gasteiger partial charge in [-0.3, -0.25) is 10.1 Å². The van der Waals surface area contributed by atoms with Crippen LogP contribution < -0.4 is 0 Å². The largest absolute Gasteiger partial charge is 0.282 e. The van der Waals surface area contributed by atoms with E-state index in [4.69, 9.17) is 0 Å². The van der Waals surface area contributed by atoms with Crippen LogP contribution in [0.15, 0.2) is 59.6 Å².